The second-order valence-electron chi connectivity index (χ2n) is 4.81. The molecule has 1 aromatic carbocycles. The number of benzene rings is 1. The van der Waals surface area contributed by atoms with Gasteiger partial charge in [-0.25, -0.2) is 0 Å². The van der Waals surface area contributed by atoms with Gasteiger partial charge in [-0.2, -0.15) is 0 Å². The van der Waals surface area contributed by atoms with Crippen molar-refractivity contribution >= 4 is 34.7 Å². The molecule has 2 rings (SSSR count). The molecule has 0 aliphatic carbocycles. The van der Waals surface area contributed by atoms with Crippen LogP contribution >= 0.6 is 23.2 Å². The van der Waals surface area contributed by atoms with Crippen LogP contribution in [0.15, 0.2) is 24.8 Å². The lowest BCUT2D eigenvalue weighted by Gasteiger charge is -2.34. The Morgan fingerprint density at radius 2 is 1.90 bits per heavy atom. The Hall–Kier alpha value is -1.03. The van der Waals surface area contributed by atoms with E-state index in [1.54, 1.807) is 18.2 Å². The van der Waals surface area contributed by atoms with Crippen LogP contribution in [0.4, 0.5) is 0 Å². The Morgan fingerprint density at radius 1 is 1.25 bits per heavy atom. The maximum Gasteiger partial charge on any atom is 0.254 e. The number of nitrogens with zero attached hydrogens (tertiary/aromatic N) is 2. The molecule has 3 nitrogen and oxygen atoms in total. The minimum absolute atomic E-state index is 0.0649. The summed E-state index contributed by atoms with van der Waals surface area (Å²) >= 11 is 12.1. The molecular weight excluding hydrogens is 295 g/mol. The largest absolute Gasteiger partial charge is 0.336 e. The molecule has 0 spiro atoms. The minimum Gasteiger partial charge on any atom is -0.336 e. The van der Waals surface area contributed by atoms with E-state index in [1.807, 2.05) is 4.90 Å². The molecule has 0 aromatic heterocycles. The van der Waals surface area contributed by atoms with Crippen LogP contribution in [0.5, 0.6) is 0 Å². The number of rotatable bonds is 3. The van der Waals surface area contributed by atoms with Crippen molar-refractivity contribution in [2.45, 2.75) is 6.92 Å². The van der Waals surface area contributed by atoms with Gasteiger partial charge < -0.3 is 9.80 Å². The Morgan fingerprint density at radius 3 is 2.50 bits per heavy atom. The van der Waals surface area contributed by atoms with E-state index in [0.29, 0.717) is 21.2 Å². The Balaban J connectivity index is 2.10. The lowest BCUT2D eigenvalue weighted by Crippen LogP contribution is -2.48. The first-order valence-corrected chi connectivity index (χ1v) is 7.45. The zero-order valence-corrected chi connectivity index (χ0v) is 13.0. The van der Waals surface area contributed by atoms with Gasteiger partial charge in [0.2, 0.25) is 0 Å². The van der Waals surface area contributed by atoms with Crippen LogP contribution in [0, 0.1) is 0 Å². The summed E-state index contributed by atoms with van der Waals surface area (Å²) in [6.45, 7) is 10.3. The quantitative estimate of drug-likeness (QED) is 0.800. The van der Waals surface area contributed by atoms with E-state index in [0.717, 1.165) is 32.7 Å². The first-order valence-electron chi connectivity index (χ1n) is 6.69. The van der Waals surface area contributed by atoms with E-state index < -0.39 is 0 Å². The molecule has 1 saturated heterocycles. The maximum absolute atomic E-state index is 12.5. The highest BCUT2D eigenvalue weighted by molar-refractivity contribution is 6.44. The summed E-state index contributed by atoms with van der Waals surface area (Å²) in [4.78, 5) is 16.6. The lowest BCUT2D eigenvalue weighted by molar-refractivity contribution is -0.126. The topological polar surface area (TPSA) is 23.6 Å². The van der Waals surface area contributed by atoms with Gasteiger partial charge in [-0.3, -0.25) is 4.79 Å². The molecule has 5 heteroatoms. The van der Waals surface area contributed by atoms with Gasteiger partial charge in [0.1, 0.15) is 0 Å². The Kier molecular flexibility index (Phi) is 5.08. The minimum atomic E-state index is -0.0649. The van der Waals surface area contributed by atoms with Gasteiger partial charge in [0, 0.05) is 37.3 Å². The first kappa shape index (κ1) is 15.4. The van der Waals surface area contributed by atoms with E-state index in [1.165, 1.54) is 0 Å². The lowest BCUT2D eigenvalue weighted by atomic mass is 10.1. The standard InChI is InChI=1S/C15H18Cl2N2O/c1-3-18-7-9-19(10-8-18)15(20)11(2)12-5-4-6-13(16)14(12)17/h4-6H,2-3,7-10H2,1H3. The van der Waals surface area contributed by atoms with Crippen molar-refractivity contribution in [1.82, 2.24) is 9.80 Å². The van der Waals surface area contributed by atoms with Crippen molar-refractivity contribution in [2.24, 2.45) is 0 Å². The number of hydrogen-bond acceptors (Lipinski definition) is 2. The first-order chi connectivity index (χ1) is 9.54. The maximum atomic E-state index is 12.5. The van der Waals surface area contributed by atoms with Crippen molar-refractivity contribution < 1.29 is 4.79 Å². The smallest absolute Gasteiger partial charge is 0.254 e. The molecule has 0 radical (unpaired) electrons. The van der Waals surface area contributed by atoms with Gasteiger partial charge in [-0.05, 0) is 12.6 Å². The average Bonchev–Trinajstić information content (AvgIpc) is 2.48. The van der Waals surface area contributed by atoms with E-state index >= 15 is 0 Å². The molecule has 1 aromatic rings. The average molecular weight is 313 g/mol. The number of halogens is 2. The number of carbonyl (C=O) groups is 1. The Labute approximate surface area is 129 Å². The van der Waals surface area contributed by atoms with E-state index in [-0.39, 0.29) is 5.91 Å². The fraction of sp³-hybridized carbons (Fsp3) is 0.400. The van der Waals surface area contributed by atoms with Crippen LogP contribution in [0.25, 0.3) is 5.57 Å². The fourth-order valence-electron chi connectivity index (χ4n) is 2.31. The van der Waals surface area contributed by atoms with Crippen molar-refractivity contribution in [3.8, 4) is 0 Å². The summed E-state index contributed by atoms with van der Waals surface area (Å²) in [5.74, 6) is -0.0649. The molecule has 1 aliphatic rings. The fourth-order valence-corrected chi connectivity index (χ4v) is 2.72. The van der Waals surface area contributed by atoms with Crippen LogP contribution in [0.3, 0.4) is 0 Å². The van der Waals surface area contributed by atoms with Crippen LogP contribution < -0.4 is 0 Å². The van der Waals surface area contributed by atoms with Gasteiger partial charge in [-0.15, -0.1) is 0 Å². The van der Waals surface area contributed by atoms with Crippen molar-refractivity contribution in [2.75, 3.05) is 32.7 Å². The summed E-state index contributed by atoms with van der Waals surface area (Å²) in [7, 11) is 0. The molecule has 0 unspecified atom stereocenters. The molecule has 108 valence electrons. The van der Waals surface area contributed by atoms with Gasteiger partial charge in [-0.1, -0.05) is 48.8 Å². The normalized spacial score (nSPS) is 16.2. The number of hydrogen-bond donors (Lipinski definition) is 0. The SMILES string of the molecule is C=C(C(=O)N1CCN(CC)CC1)c1cccc(Cl)c1Cl. The summed E-state index contributed by atoms with van der Waals surface area (Å²) in [5.41, 5.74) is 1.02. The summed E-state index contributed by atoms with van der Waals surface area (Å²) in [5, 5.41) is 0.827. The van der Waals surface area contributed by atoms with Crippen LogP contribution in [-0.4, -0.2) is 48.4 Å². The summed E-state index contributed by atoms with van der Waals surface area (Å²) < 4.78 is 0. The molecule has 1 amide bonds. The summed E-state index contributed by atoms with van der Waals surface area (Å²) in [6.07, 6.45) is 0. The highest BCUT2D eigenvalue weighted by atomic mass is 35.5. The third-order valence-corrected chi connectivity index (χ3v) is 4.46. The third kappa shape index (κ3) is 3.17. The van der Waals surface area contributed by atoms with Gasteiger partial charge in [0.25, 0.3) is 5.91 Å². The van der Waals surface area contributed by atoms with E-state index in [4.69, 9.17) is 23.2 Å². The second kappa shape index (κ2) is 6.61. The third-order valence-electron chi connectivity index (χ3n) is 3.64. The highest BCUT2D eigenvalue weighted by Gasteiger charge is 2.23. The Bertz CT molecular complexity index is 523. The number of carbonyl (C=O) groups excluding carboxylic acids is 1. The van der Waals surface area contributed by atoms with Gasteiger partial charge in [0.05, 0.1) is 10.0 Å². The number of piperazine rings is 1. The highest BCUT2D eigenvalue weighted by Crippen LogP contribution is 2.30. The van der Waals surface area contributed by atoms with Crippen LogP contribution in [0.2, 0.25) is 10.0 Å². The zero-order chi connectivity index (χ0) is 14.7. The predicted molar refractivity (Wildman–Crippen MR) is 84.2 cm³/mol. The van der Waals surface area contributed by atoms with Crippen LogP contribution in [-0.2, 0) is 4.79 Å². The molecule has 20 heavy (non-hydrogen) atoms. The number of amides is 1. The zero-order valence-electron chi connectivity index (χ0n) is 11.5. The number of likely N-dealkylation sites (N-methyl/N-ethyl adjacent to an activating group) is 1. The molecule has 0 atom stereocenters. The van der Waals surface area contributed by atoms with Gasteiger partial charge >= 0.3 is 0 Å². The van der Waals surface area contributed by atoms with Crippen LogP contribution in [0.1, 0.15) is 12.5 Å². The monoisotopic (exact) mass is 312 g/mol. The van der Waals surface area contributed by atoms with Crippen molar-refractivity contribution in [1.29, 1.82) is 0 Å². The molecule has 1 aliphatic heterocycles. The van der Waals surface area contributed by atoms with Crippen molar-refractivity contribution in [3.05, 3.63) is 40.4 Å². The van der Waals surface area contributed by atoms with E-state index in [9.17, 15) is 4.79 Å². The molecule has 1 heterocycles. The molecule has 0 saturated carbocycles. The molecule has 1 fully saturated rings. The second-order valence-corrected chi connectivity index (χ2v) is 5.59. The molecule has 0 bridgehead atoms. The molecular formula is C15H18Cl2N2O. The van der Waals surface area contributed by atoms with Gasteiger partial charge in [0.15, 0.2) is 0 Å². The van der Waals surface area contributed by atoms with Crippen molar-refractivity contribution in [3.63, 3.8) is 0 Å². The predicted octanol–water partition coefficient (Wildman–Crippen LogP) is 3.17. The van der Waals surface area contributed by atoms with E-state index in [2.05, 4.69) is 18.4 Å². The summed E-state index contributed by atoms with van der Waals surface area (Å²) in [6, 6.07) is 5.25. The molecule has 0 N–H and O–H groups in total.